The zero-order valence-corrected chi connectivity index (χ0v) is 11.8. The van der Waals surface area contributed by atoms with Crippen molar-refractivity contribution in [3.8, 4) is 5.75 Å². The lowest BCUT2D eigenvalue weighted by Gasteiger charge is -2.19. The van der Waals surface area contributed by atoms with Crippen LogP contribution in [0.1, 0.15) is 6.42 Å². The monoisotopic (exact) mass is 314 g/mol. The molecule has 9 heteroatoms. The van der Waals surface area contributed by atoms with Crippen molar-refractivity contribution in [2.45, 2.75) is 18.6 Å². The molecule has 0 saturated carbocycles. The molecule has 1 amide bonds. The van der Waals surface area contributed by atoms with E-state index in [1.54, 1.807) is 0 Å². The summed E-state index contributed by atoms with van der Waals surface area (Å²) in [5.74, 6) is -0.786. The number of nitro benzene ring substituents is 1. The minimum Gasteiger partial charge on any atom is -0.488 e. The number of carbonyl (C=O) groups is 1. The summed E-state index contributed by atoms with van der Waals surface area (Å²) < 4.78 is 23.8. The fraction of sp³-hybridized carbons (Fsp3) is 0.462. The van der Waals surface area contributed by atoms with Gasteiger partial charge in [-0.3, -0.25) is 15.0 Å². The number of amides is 1. The molecule has 0 aromatic heterocycles. The first-order valence-corrected chi connectivity index (χ1v) is 6.51. The highest BCUT2D eigenvalue weighted by molar-refractivity contribution is 5.66. The quantitative estimate of drug-likeness (QED) is 0.657. The van der Waals surface area contributed by atoms with Crippen LogP contribution in [-0.2, 0) is 4.74 Å². The average Bonchev–Trinajstić information content (AvgIpc) is 2.81. The van der Waals surface area contributed by atoms with E-state index in [0.29, 0.717) is 6.42 Å². The molecule has 1 fully saturated rings. The molecule has 0 radical (unpaired) electrons. The van der Waals surface area contributed by atoms with Crippen LogP contribution in [0.2, 0.25) is 0 Å². The number of ether oxygens (including phenoxy) is 2. The molecule has 2 rings (SSSR count). The van der Waals surface area contributed by atoms with Gasteiger partial charge in [0.05, 0.1) is 36.2 Å². The van der Waals surface area contributed by atoms with E-state index < -0.39 is 28.6 Å². The third-order valence-corrected chi connectivity index (χ3v) is 3.35. The number of non-ortho nitro benzene ring substituents is 1. The second kappa shape index (κ2) is 6.56. The molecule has 8 nitrogen and oxygen atoms in total. The van der Waals surface area contributed by atoms with Crippen LogP contribution >= 0.6 is 0 Å². The molecule has 0 aliphatic carbocycles. The van der Waals surface area contributed by atoms with Gasteiger partial charge in [-0.1, -0.05) is 0 Å². The fourth-order valence-electron chi connectivity index (χ4n) is 2.46. The van der Waals surface area contributed by atoms with Gasteiger partial charge in [0.2, 0.25) is 0 Å². The van der Waals surface area contributed by atoms with Crippen LogP contribution < -0.4 is 4.74 Å². The Kier molecular flexibility index (Phi) is 4.76. The Bertz CT molecular complexity index is 582. The number of halogens is 1. The van der Waals surface area contributed by atoms with E-state index in [1.807, 2.05) is 0 Å². The second-order valence-electron chi connectivity index (χ2n) is 4.92. The third kappa shape index (κ3) is 3.61. The molecule has 1 heterocycles. The number of benzene rings is 1. The van der Waals surface area contributed by atoms with Crippen LogP contribution in [0.25, 0.3) is 0 Å². The maximum atomic E-state index is 13.4. The normalized spacial score (nSPS) is 20.9. The molecule has 2 atom stereocenters. The lowest BCUT2D eigenvalue weighted by molar-refractivity contribution is -0.385. The summed E-state index contributed by atoms with van der Waals surface area (Å²) >= 11 is 0. The van der Waals surface area contributed by atoms with E-state index in [1.165, 1.54) is 12.0 Å². The number of hydrogen-bond acceptors (Lipinski definition) is 5. The first-order chi connectivity index (χ1) is 10.4. The smallest absolute Gasteiger partial charge is 0.407 e. The summed E-state index contributed by atoms with van der Waals surface area (Å²) in [6.45, 7) is 0.309. The minimum atomic E-state index is -1.10. The maximum absolute atomic E-state index is 13.4. The number of rotatable bonds is 5. The van der Waals surface area contributed by atoms with E-state index in [4.69, 9.17) is 14.6 Å². The molecule has 120 valence electrons. The van der Waals surface area contributed by atoms with Crippen molar-refractivity contribution < 1.29 is 28.7 Å². The van der Waals surface area contributed by atoms with Crippen molar-refractivity contribution in [2.75, 3.05) is 20.3 Å². The van der Waals surface area contributed by atoms with Crippen molar-refractivity contribution >= 4 is 11.8 Å². The number of hydrogen-bond donors (Lipinski definition) is 1. The van der Waals surface area contributed by atoms with Gasteiger partial charge in [0.15, 0.2) is 0 Å². The second-order valence-corrected chi connectivity index (χ2v) is 4.92. The van der Waals surface area contributed by atoms with Crippen molar-refractivity contribution in [1.29, 1.82) is 0 Å². The molecular formula is C13H15FN2O6. The summed E-state index contributed by atoms with van der Waals surface area (Å²) in [5, 5.41) is 19.8. The fourth-order valence-corrected chi connectivity index (χ4v) is 2.46. The molecule has 1 aromatic rings. The number of carboxylic acid groups (broad SMARTS) is 1. The summed E-state index contributed by atoms with van der Waals surface area (Å²) in [4.78, 5) is 22.3. The van der Waals surface area contributed by atoms with Gasteiger partial charge in [0.1, 0.15) is 17.7 Å². The summed E-state index contributed by atoms with van der Waals surface area (Å²) in [6.07, 6.45) is -1.25. The van der Waals surface area contributed by atoms with Crippen molar-refractivity contribution in [3.05, 3.63) is 34.1 Å². The summed E-state index contributed by atoms with van der Waals surface area (Å²) in [7, 11) is 1.46. The summed E-state index contributed by atoms with van der Waals surface area (Å²) in [5.41, 5.74) is -0.420. The van der Waals surface area contributed by atoms with Gasteiger partial charge in [-0.2, -0.15) is 0 Å². The van der Waals surface area contributed by atoms with E-state index in [2.05, 4.69) is 0 Å². The zero-order chi connectivity index (χ0) is 16.3. The highest BCUT2D eigenvalue weighted by Gasteiger charge is 2.36. The van der Waals surface area contributed by atoms with Gasteiger partial charge in [-0.25, -0.2) is 9.18 Å². The number of methoxy groups -OCH3 is 1. The topological polar surface area (TPSA) is 102 Å². The largest absolute Gasteiger partial charge is 0.488 e. The first-order valence-electron chi connectivity index (χ1n) is 6.51. The van der Waals surface area contributed by atoms with Crippen LogP contribution in [0.5, 0.6) is 5.75 Å². The first kappa shape index (κ1) is 16.0. The molecule has 1 N–H and O–H groups in total. The molecular weight excluding hydrogens is 299 g/mol. The molecule has 1 saturated heterocycles. The SMILES string of the molecule is COCC1CC(Oc2cc(F)cc([N+](=O)[O-])c2)CN1C(=O)O. The Morgan fingerprint density at radius 3 is 2.86 bits per heavy atom. The predicted octanol–water partition coefficient (Wildman–Crippen LogP) is 1.88. The third-order valence-electron chi connectivity index (χ3n) is 3.35. The number of nitrogens with zero attached hydrogens (tertiary/aromatic N) is 2. The lowest BCUT2D eigenvalue weighted by atomic mass is 10.2. The van der Waals surface area contributed by atoms with Crippen molar-refractivity contribution in [3.63, 3.8) is 0 Å². The van der Waals surface area contributed by atoms with Gasteiger partial charge in [0, 0.05) is 19.6 Å². The average molecular weight is 314 g/mol. The molecule has 1 aliphatic rings. The Hall–Kier alpha value is -2.42. The molecule has 1 aliphatic heterocycles. The molecule has 0 bridgehead atoms. The van der Waals surface area contributed by atoms with Gasteiger partial charge in [0.25, 0.3) is 5.69 Å². The van der Waals surface area contributed by atoms with E-state index in [-0.39, 0.29) is 24.9 Å². The molecule has 2 unspecified atom stereocenters. The Morgan fingerprint density at radius 1 is 1.55 bits per heavy atom. The van der Waals surface area contributed by atoms with Gasteiger partial charge >= 0.3 is 6.09 Å². The Labute approximate surface area is 125 Å². The highest BCUT2D eigenvalue weighted by atomic mass is 19.1. The van der Waals surface area contributed by atoms with Crippen molar-refractivity contribution in [2.24, 2.45) is 0 Å². The van der Waals surface area contributed by atoms with Gasteiger partial charge in [-0.15, -0.1) is 0 Å². The lowest BCUT2D eigenvalue weighted by Crippen LogP contribution is -2.37. The van der Waals surface area contributed by atoms with Crippen molar-refractivity contribution in [1.82, 2.24) is 4.90 Å². The van der Waals surface area contributed by atoms with Crippen LogP contribution in [0, 0.1) is 15.9 Å². The van der Waals surface area contributed by atoms with Crippen LogP contribution in [0.4, 0.5) is 14.9 Å². The Balaban J connectivity index is 2.11. The van der Waals surface area contributed by atoms with Crippen LogP contribution in [0.15, 0.2) is 18.2 Å². The number of nitro groups is 1. The van der Waals surface area contributed by atoms with E-state index in [9.17, 15) is 19.3 Å². The van der Waals surface area contributed by atoms with Gasteiger partial charge < -0.3 is 14.6 Å². The zero-order valence-electron chi connectivity index (χ0n) is 11.8. The molecule has 0 spiro atoms. The standard InChI is InChI=1S/C13H15FN2O6/c1-21-7-10-5-12(6-15(10)13(17)18)22-11-3-8(14)2-9(4-11)16(19)20/h2-4,10,12H,5-7H2,1H3,(H,17,18). The highest BCUT2D eigenvalue weighted by Crippen LogP contribution is 2.27. The van der Waals surface area contributed by atoms with E-state index in [0.717, 1.165) is 18.2 Å². The predicted molar refractivity (Wildman–Crippen MR) is 72.5 cm³/mol. The number of likely N-dealkylation sites (tertiary alicyclic amines) is 1. The van der Waals surface area contributed by atoms with Gasteiger partial charge in [-0.05, 0) is 0 Å². The maximum Gasteiger partial charge on any atom is 0.407 e. The summed E-state index contributed by atoms with van der Waals surface area (Å²) in [6, 6.07) is 2.56. The van der Waals surface area contributed by atoms with Crippen LogP contribution in [-0.4, -0.2) is 53.4 Å². The molecule has 22 heavy (non-hydrogen) atoms. The van der Waals surface area contributed by atoms with E-state index >= 15 is 0 Å². The minimum absolute atomic E-state index is 0.0000978. The Morgan fingerprint density at radius 2 is 2.27 bits per heavy atom. The molecule has 1 aromatic carbocycles. The van der Waals surface area contributed by atoms with Crippen LogP contribution in [0.3, 0.4) is 0 Å².